The van der Waals surface area contributed by atoms with Crippen LogP contribution in [0.25, 0.3) is 0 Å². The molecule has 1 aliphatic heterocycles. The van der Waals surface area contributed by atoms with Crippen molar-refractivity contribution in [2.75, 3.05) is 13.7 Å². The number of carbonyl (C=O) groups excluding carboxylic acids is 3. The highest BCUT2D eigenvalue weighted by atomic mass is 16.7. The van der Waals surface area contributed by atoms with Crippen LogP contribution in [0, 0.1) is 11.8 Å². The predicted molar refractivity (Wildman–Crippen MR) is 132 cm³/mol. The Balaban J connectivity index is 1.63. The van der Waals surface area contributed by atoms with Crippen LogP contribution in [0.5, 0.6) is 5.75 Å². The summed E-state index contributed by atoms with van der Waals surface area (Å²) in [5.41, 5.74) is 3.58. The number of Topliss-reactive ketones (excluding diaryl/α,β-unsaturated/α-hetero) is 3. The highest BCUT2D eigenvalue weighted by Crippen LogP contribution is 2.51. The molecule has 7 N–H and O–H groups in total. The summed E-state index contributed by atoms with van der Waals surface area (Å²) < 4.78 is 17.0. The monoisotopic (exact) mass is 545 g/mol. The van der Waals surface area contributed by atoms with Crippen molar-refractivity contribution in [3.63, 3.8) is 0 Å². The highest BCUT2D eigenvalue weighted by molar-refractivity contribution is 6.19. The molecule has 0 bridgehead atoms. The zero-order chi connectivity index (χ0) is 28.4. The molecule has 39 heavy (non-hydrogen) atoms. The van der Waals surface area contributed by atoms with Crippen LogP contribution in [0.4, 0.5) is 0 Å². The predicted octanol–water partition coefficient (Wildman–Crippen LogP) is 0.239. The molecule has 12 nitrogen and oxygen atoms in total. The molecule has 4 aliphatic rings. The van der Waals surface area contributed by atoms with E-state index in [9.17, 15) is 39.9 Å². The number of carbonyl (C=O) groups is 3. The third kappa shape index (κ3) is 4.19. The average molecular weight is 546 g/mol. The Morgan fingerprint density at radius 2 is 1.87 bits per heavy atom. The fourth-order valence-corrected chi connectivity index (χ4v) is 6.15. The molecule has 0 spiro atoms. The molecule has 1 saturated carbocycles. The molecule has 1 saturated heterocycles. The first-order valence-electron chi connectivity index (χ1n) is 12.6. The summed E-state index contributed by atoms with van der Waals surface area (Å²) >= 11 is 0. The Morgan fingerprint density at radius 3 is 2.51 bits per heavy atom. The molecule has 0 amide bonds. The Kier molecular flexibility index (Phi) is 6.90. The maximum absolute atomic E-state index is 13.7. The zero-order valence-electron chi connectivity index (χ0n) is 21.4. The third-order valence-corrected chi connectivity index (χ3v) is 8.20. The van der Waals surface area contributed by atoms with E-state index in [-0.39, 0.29) is 34.4 Å². The number of aliphatic hydroxyl groups is 5. The van der Waals surface area contributed by atoms with E-state index in [0.29, 0.717) is 0 Å². The number of aliphatic hydroxyl groups excluding tert-OH is 4. The van der Waals surface area contributed by atoms with Crippen LogP contribution in [0.2, 0.25) is 0 Å². The van der Waals surface area contributed by atoms with Crippen molar-refractivity contribution < 1.29 is 54.1 Å². The largest absolute Gasteiger partial charge is 0.511 e. The molecule has 8 atom stereocenters. The summed E-state index contributed by atoms with van der Waals surface area (Å²) in [7, 11) is 1.34. The summed E-state index contributed by atoms with van der Waals surface area (Å²) in [5.74, 6) is -6.24. The van der Waals surface area contributed by atoms with Gasteiger partial charge >= 0.3 is 0 Å². The van der Waals surface area contributed by atoms with Crippen molar-refractivity contribution in [1.82, 2.24) is 0 Å². The molecule has 3 aliphatic carbocycles. The number of allylic oxidation sites excluding steroid dienone is 2. The van der Waals surface area contributed by atoms with Gasteiger partial charge in [-0.15, -0.1) is 0 Å². The second kappa shape index (κ2) is 9.81. The van der Waals surface area contributed by atoms with Crippen LogP contribution in [-0.4, -0.2) is 92.8 Å². The quantitative estimate of drug-likeness (QED) is 0.294. The van der Waals surface area contributed by atoms with E-state index in [4.69, 9.17) is 19.9 Å². The number of ketones is 3. The van der Waals surface area contributed by atoms with Gasteiger partial charge in [-0.3, -0.25) is 14.4 Å². The number of ether oxygens (including phenoxy) is 3. The fraction of sp³-hybridized carbons (Fsp3) is 0.519. The molecule has 8 unspecified atom stereocenters. The minimum atomic E-state index is -2.22. The van der Waals surface area contributed by atoms with Crippen molar-refractivity contribution in [2.45, 2.75) is 62.4 Å². The van der Waals surface area contributed by atoms with Gasteiger partial charge in [0.15, 0.2) is 23.6 Å². The van der Waals surface area contributed by atoms with Gasteiger partial charge in [0, 0.05) is 42.0 Å². The Hall–Kier alpha value is -3.13. The van der Waals surface area contributed by atoms with Gasteiger partial charge in [-0.2, -0.15) is 0 Å². The number of fused-ring (bicyclic) bond motifs is 3. The molecular weight excluding hydrogens is 514 g/mol. The standard InChI is InChI=1S/C27H31NO11/c1-10-22(31)13(28)6-17(38-10)39-15-8-27(36,16(30)9-29)7-12-19(15)26(35)21-20(24(12)33)23(32)11-4-3-5-14(37-2)18(11)25(21)34/h3-5,10,13,15,17,20-22,29,31,33,35-36H,6-9,28H2,1-2H3. The number of methoxy groups -OCH3 is 1. The molecule has 5 rings (SSSR count). The van der Waals surface area contributed by atoms with Gasteiger partial charge in [0.05, 0.1) is 42.8 Å². The topological polar surface area (TPSA) is 206 Å². The lowest BCUT2D eigenvalue weighted by Gasteiger charge is -2.45. The van der Waals surface area contributed by atoms with Crippen LogP contribution >= 0.6 is 0 Å². The number of hydrogen-bond acceptors (Lipinski definition) is 12. The molecule has 0 aromatic heterocycles. The normalized spacial score (nSPS) is 36.3. The highest BCUT2D eigenvalue weighted by Gasteiger charge is 2.56. The third-order valence-electron chi connectivity index (χ3n) is 8.20. The molecule has 210 valence electrons. The summed E-state index contributed by atoms with van der Waals surface area (Å²) in [4.78, 5) is 39.9. The lowest BCUT2D eigenvalue weighted by Crippen LogP contribution is -2.55. The van der Waals surface area contributed by atoms with Gasteiger partial charge in [0.2, 0.25) is 0 Å². The smallest absolute Gasteiger partial charge is 0.190 e. The summed E-state index contributed by atoms with van der Waals surface area (Å²) in [5, 5.41) is 53.8. The Morgan fingerprint density at radius 1 is 1.18 bits per heavy atom. The number of hydrogen-bond donors (Lipinski definition) is 6. The van der Waals surface area contributed by atoms with E-state index in [1.54, 1.807) is 6.92 Å². The molecule has 1 aromatic rings. The number of rotatable bonds is 5. The van der Waals surface area contributed by atoms with Crippen LogP contribution in [-0.2, 0) is 14.3 Å². The van der Waals surface area contributed by atoms with Crippen LogP contribution in [0.1, 0.15) is 46.9 Å². The van der Waals surface area contributed by atoms with Crippen LogP contribution in [0.15, 0.2) is 40.9 Å². The lowest BCUT2D eigenvalue weighted by atomic mass is 9.63. The first kappa shape index (κ1) is 27.4. The van der Waals surface area contributed by atoms with Gasteiger partial charge in [0.25, 0.3) is 0 Å². The second-order valence-electron chi connectivity index (χ2n) is 10.5. The van der Waals surface area contributed by atoms with E-state index in [1.165, 1.54) is 25.3 Å². The maximum atomic E-state index is 13.7. The Labute approximate surface area is 223 Å². The first-order valence-corrected chi connectivity index (χ1v) is 12.6. The second-order valence-corrected chi connectivity index (χ2v) is 10.5. The van der Waals surface area contributed by atoms with Crippen LogP contribution < -0.4 is 10.5 Å². The summed E-state index contributed by atoms with van der Waals surface area (Å²) in [6.07, 6.45) is -4.99. The van der Waals surface area contributed by atoms with Gasteiger partial charge in [0.1, 0.15) is 29.5 Å². The van der Waals surface area contributed by atoms with E-state index >= 15 is 0 Å². The van der Waals surface area contributed by atoms with E-state index < -0.39 is 96.4 Å². The maximum Gasteiger partial charge on any atom is 0.190 e. The number of nitrogens with two attached hydrogens (primary N) is 1. The van der Waals surface area contributed by atoms with Crippen molar-refractivity contribution in [3.8, 4) is 5.75 Å². The minimum absolute atomic E-state index is 0.00597. The summed E-state index contributed by atoms with van der Waals surface area (Å²) in [6, 6.07) is 3.72. The summed E-state index contributed by atoms with van der Waals surface area (Å²) in [6.45, 7) is 0.579. The van der Waals surface area contributed by atoms with Gasteiger partial charge in [-0.25, -0.2) is 0 Å². The van der Waals surface area contributed by atoms with E-state index in [0.717, 1.165) is 0 Å². The lowest BCUT2D eigenvalue weighted by molar-refractivity contribution is -0.240. The number of benzene rings is 1. The first-order chi connectivity index (χ1) is 18.4. The molecule has 1 heterocycles. The molecule has 12 heteroatoms. The molecule has 0 radical (unpaired) electrons. The van der Waals surface area contributed by atoms with Gasteiger partial charge in [-0.05, 0) is 13.0 Å². The molecule has 1 aromatic carbocycles. The van der Waals surface area contributed by atoms with Gasteiger partial charge in [-0.1, -0.05) is 12.1 Å². The van der Waals surface area contributed by atoms with Crippen molar-refractivity contribution in [3.05, 3.63) is 52.0 Å². The van der Waals surface area contributed by atoms with E-state index in [1.807, 2.05) is 0 Å². The van der Waals surface area contributed by atoms with Gasteiger partial charge < -0.3 is 45.5 Å². The van der Waals surface area contributed by atoms with E-state index in [2.05, 4.69) is 0 Å². The fourth-order valence-electron chi connectivity index (χ4n) is 6.15. The Bertz CT molecular complexity index is 1290. The molecular formula is C27H31NO11. The minimum Gasteiger partial charge on any atom is -0.511 e. The van der Waals surface area contributed by atoms with Crippen molar-refractivity contribution >= 4 is 17.3 Å². The average Bonchev–Trinajstić information content (AvgIpc) is 2.90. The van der Waals surface area contributed by atoms with Crippen LogP contribution in [0.3, 0.4) is 0 Å². The van der Waals surface area contributed by atoms with Crippen molar-refractivity contribution in [1.29, 1.82) is 0 Å². The zero-order valence-corrected chi connectivity index (χ0v) is 21.4. The van der Waals surface area contributed by atoms with Crippen molar-refractivity contribution in [2.24, 2.45) is 17.6 Å². The SMILES string of the molecule is COc1cccc2c1C(=O)C1C(O)=C3C(=C(O)C1C2=O)CC(O)(C(=O)CO)CC3OC1CC(N)C(O)C(C)O1. The molecule has 2 fully saturated rings.